The van der Waals surface area contributed by atoms with E-state index in [0.717, 1.165) is 19.2 Å². The van der Waals surface area contributed by atoms with E-state index >= 15 is 0 Å². The van der Waals surface area contributed by atoms with E-state index in [9.17, 15) is 25.0 Å². The van der Waals surface area contributed by atoms with Crippen LogP contribution in [0.3, 0.4) is 0 Å². The van der Waals surface area contributed by atoms with Crippen LogP contribution in [0.1, 0.15) is 24.2 Å². The van der Waals surface area contributed by atoms with Gasteiger partial charge in [-0.3, -0.25) is 31.1 Å². The standard InChI is InChI=1S/C14H19N5O6/c1-7-11(8(2)17-16-7)6-15-13-10(14(20)25-3)4-9(18(21)22)5-12(13)19(23)24/h4-5,7-8,11,15-17H,6H2,1-3H3. The van der Waals surface area contributed by atoms with Crippen molar-refractivity contribution in [1.29, 1.82) is 0 Å². The molecule has 1 fully saturated rings. The number of methoxy groups -OCH3 is 1. The largest absolute Gasteiger partial charge is 0.465 e. The summed E-state index contributed by atoms with van der Waals surface area (Å²) in [5.74, 6) is -0.807. The van der Waals surface area contributed by atoms with Gasteiger partial charge in [0.1, 0.15) is 5.69 Å². The van der Waals surface area contributed by atoms with E-state index in [1.807, 2.05) is 13.8 Å². The first-order valence-electron chi connectivity index (χ1n) is 7.56. The lowest BCUT2D eigenvalue weighted by molar-refractivity contribution is -0.393. The molecule has 0 aliphatic carbocycles. The summed E-state index contributed by atoms with van der Waals surface area (Å²) in [5.41, 5.74) is 4.69. The highest BCUT2D eigenvalue weighted by atomic mass is 16.6. The van der Waals surface area contributed by atoms with Crippen LogP contribution in [0.5, 0.6) is 0 Å². The molecule has 1 aromatic carbocycles. The Labute approximate surface area is 143 Å². The molecule has 0 aromatic heterocycles. The van der Waals surface area contributed by atoms with Crippen molar-refractivity contribution in [2.24, 2.45) is 5.92 Å². The summed E-state index contributed by atoms with van der Waals surface area (Å²) in [6, 6.07) is 1.99. The van der Waals surface area contributed by atoms with Crippen molar-refractivity contribution < 1.29 is 19.4 Å². The molecular formula is C14H19N5O6. The van der Waals surface area contributed by atoms with Gasteiger partial charge in [0, 0.05) is 30.6 Å². The number of non-ortho nitro benzene ring substituents is 1. The minimum atomic E-state index is -0.891. The van der Waals surface area contributed by atoms with Gasteiger partial charge in [-0.25, -0.2) is 4.79 Å². The molecule has 0 amide bonds. The predicted molar refractivity (Wildman–Crippen MR) is 88.3 cm³/mol. The normalized spacial score (nSPS) is 22.4. The summed E-state index contributed by atoms with van der Waals surface area (Å²) in [6.07, 6.45) is 0. The van der Waals surface area contributed by atoms with E-state index in [2.05, 4.69) is 20.9 Å². The summed E-state index contributed by atoms with van der Waals surface area (Å²) in [5, 5.41) is 25.2. The molecule has 2 rings (SSSR count). The van der Waals surface area contributed by atoms with Gasteiger partial charge in [0.2, 0.25) is 0 Å². The maximum absolute atomic E-state index is 12.0. The molecule has 2 atom stereocenters. The molecule has 1 aromatic rings. The molecule has 11 nitrogen and oxygen atoms in total. The third-order valence-corrected chi connectivity index (χ3v) is 4.25. The van der Waals surface area contributed by atoms with Gasteiger partial charge in [-0.1, -0.05) is 0 Å². The Balaban J connectivity index is 2.44. The van der Waals surface area contributed by atoms with Crippen molar-refractivity contribution in [1.82, 2.24) is 10.9 Å². The molecule has 1 heterocycles. The molecule has 0 spiro atoms. The van der Waals surface area contributed by atoms with E-state index in [1.54, 1.807) is 0 Å². The Morgan fingerprint density at radius 1 is 1.20 bits per heavy atom. The summed E-state index contributed by atoms with van der Waals surface area (Å²) in [7, 11) is 1.10. The lowest BCUT2D eigenvalue weighted by Gasteiger charge is -2.20. The second-order valence-electron chi connectivity index (χ2n) is 5.80. The second kappa shape index (κ2) is 7.40. The molecule has 2 unspecified atom stereocenters. The number of benzene rings is 1. The van der Waals surface area contributed by atoms with Crippen molar-refractivity contribution in [2.45, 2.75) is 25.9 Å². The second-order valence-corrected chi connectivity index (χ2v) is 5.80. The maximum atomic E-state index is 12.0. The summed E-state index contributed by atoms with van der Waals surface area (Å²) < 4.78 is 4.61. The maximum Gasteiger partial charge on any atom is 0.340 e. The first-order valence-corrected chi connectivity index (χ1v) is 7.56. The lowest BCUT2D eigenvalue weighted by Crippen LogP contribution is -2.30. The minimum Gasteiger partial charge on any atom is -0.465 e. The van der Waals surface area contributed by atoms with Gasteiger partial charge in [-0.2, -0.15) is 0 Å². The van der Waals surface area contributed by atoms with E-state index in [0.29, 0.717) is 6.54 Å². The molecule has 1 aliphatic rings. The monoisotopic (exact) mass is 353 g/mol. The molecule has 1 aliphatic heterocycles. The average molecular weight is 353 g/mol. The van der Waals surface area contributed by atoms with Gasteiger partial charge in [-0.15, -0.1) is 0 Å². The topological polar surface area (TPSA) is 149 Å². The fraction of sp³-hybridized carbons (Fsp3) is 0.500. The highest BCUT2D eigenvalue weighted by Crippen LogP contribution is 2.34. The molecular weight excluding hydrogens is 334 g/mol. The number of esters is 1. The first-order chi connectivity index (χ1) is 11.8. The van der Waals surface area contributed by atoms with E-state index in [4.69, 9.17) is 0 Å². The van der Waals surface area contributed by atoms with Crippen molar-refractivity contribution in [3.05, 3.63) is 37.9 Å². The highest BCUT2D eigenvalue weighted by molar-refractivity contribution is 5.99. The van der Waals surface area contributed by atoms with Gasteiger partial charge in [0.05, 0.1) is 28.6 Å². The average Bonchev–Trinajstić information content (AvgIpc) is 2.89. The van der Waals surface area contributed by atoms with Gasteiger partial charge < -0.3 is 10.1 Å². The third-order valence-electron chi connectivity index (χ3n) is 4.25. The zero-order valence-electron chi connectivity index (χ0n) is 13.9. The number of hydrogen-bond acceptors (Lipinski definition) is 9. The van der Waals surface area contributed by atoms with E-state index in [-0.39, 0.29) is 29.3 Å². The highest BCUT2D eigenvalue weighted by Gasteiger charge is 2.32. The van der Waals surface area contributed by atoms with Crippen LogP contribution >= 0.6 is 0 Å². The SMILES string of the molecule is COC(=O)c1cc([N+](=O)[O-])cc([N+](=O)[O-])c1NCC1C(C)NNC1C. The van der Waals surface area contributed by atoms with E-state index < -0.39 is 27.2 Å². The van der Waals surface area contributed by atoms with Crippen LogP contribution in [0, 0.1) is 26.1 Å². The number of carbonyl (C=O) groups excluding carboxylic acids is 1. The Morgan fingerprint density at radius 2 is 1.80 bits per heavy atom. The zero-order valence-corrected chi connectivity index (χ0v) is 13.9. The van der Waals surface area contributed by atoms with Crippen molar-refractivity contribution >= 4 is 23.0 Å². The number of nitrogens with zero attached hydrogens (tertiary/aromatic N) is 2. The van der Waals surface area contributed by atoms with Crippen LogP contribution in [0.25, 0.3) is 0 Å². The number of nitro benzene ring substituents is 2. The Bertz CT molecular complexity index is 699. The van der Waals surface area contributed by atoms with Crippen molar-refractivity contribution in [2.75, 3.05) is 19.0 Å². The van der Waals surface area contributed by atoms with Crippen molar-refractivity contribution in [3.63, 3.8) is 0 Å². The number of ether oxygens (including phenoxy) is 1. The zero-order chi connectivity index (χ0) is 18.7. The number of nitro groups is 2. The molecule has 0 saturated carbocycles. The van der Waals surface area contributed by atoms with Gasteiger partial charge in [0.25, 0.3) is 11.4 Å². The molecule has 0 bridgehead atoms. The Kier molecular flexibility index (Phi) is 5.49. The fourth-order valence-electron chi connectivity index (χ4n) is 2.80. The Hall–Kier alpha value is -2.79. The molecule has 11 heteroatoms. The Morgan fingerprint density at radius 3 is 2.28 bits per heavy atom. The third kappa shape index (κ3) is 3.83. The summed E-state index contributed by atoms with van der Waals surface area (Å²) in [6.45, 7) is 4.23. The predicted octanol–water partition coefficient (Wildman–Crippen LogP) is 1.20. The number of hydrogen-bond donors (Lipinski definition) is 3. The van der Waals surface area contributed by atoms with Crippen molar-refractivity contribution in [3.8, 4) is 0 Å². The summed E-state index contributed by atoms with van der Waals surface area (Å²) in [4.78, 5) is 32.8. The minimum absolute atomic E-state index is 0.0836. The van der Waals surface area contributed by atoms with Crippen LogP contribution in [0.15, 0.2) is 12.1 Å². The molecule has 0 radical (unpaired) electrons. The number of anilines is 1. The molecule has 1 saturated heterocycles. The van der Waals surface area contributed by atoms with Crippen LogP contribution in [0.4, 0.5) is 17.1 Å². The first kappa shape index (κ1) is 18.5. The molecule has 25 heavy (non-hydrogen) atoms. The molecule has 136 valence electrons. The number of rotatable bonds is 6. The van der Waals surface area contributed by atoms with E-state index in [1.165, 1.54) is 0 Å². The summed E-state index contributed by atoms with van der Waals surface area (Å²) >= 11 is 0. The van der Waals surface area contributed by atoms with Gasteiger partial charge >= 0.3 is 5.97 Å². The van der Waals surface area contributed by atoms with Gasteiger partial charge in [0.15, 0.2) is 0 Å². The number of nitrogens with one attached hydrogen (secondary N) is 3. The number of carbonyl (C=O) groups is 1. The fourth-order valence-corrected chi connectivity index (χ4v) is 2.80. The van der Waals surface area contributed by atoms with Crippen LogP contribution in [0.2, 0.25) is 0 Å². The quantitative estimate of drug-likeness (QED) is 0.389. The lowest BCUT2D eigenvalue weighted by atomic mass is 9.96. The smallest absolute Gasteiger partial charge is 0.340 e. The van der Waals surface area contributed by atoms with Crippen LogP contribution in [-0.4, -0.2) is 41.6 Å². The number of hydrazine groups is 1. The molecule has 3 N–H and O–H groups in total. The van der Waals surface area contributed by atoms with Crippen LogP contribution in [-0.2, 0) is 4.74 Å². The van der Waals surface area contributed by atoms with Gasteiger partial charge in [-0.05, 0) is 13.8 Å². The van der Waals surface area contributed by atoms with Crippen LogP contribution < -0.4 is 16.2 Å².